The van der Waals surface area contributed by atoms with Gasteiger partial charge in [-0.3, -0.25) is 4.90 Å². The molecule has 2 saturated heterocycles. The van der Waals surface area contributed by atoms with Gasteiger partial charge in [-0.1, -0.05) is 6.42 Å². The van der Waals surface area contributed by atoms with Crippen LogP contribution in [0.15, 0.2) is 0 Å². The molecule has 0 amide bonds. The summed E-state index contributed by atoms with van der Waals surface area (Å²) < 4.78 is 11.4. The molecule has 3 aliphatic rings. The lowest BCUT2D eigenvalue weighted by Gasteiger charge is -2.53. The average Bonchev–Trinajstić information content (AvgIpc) is 2.94. The zero-order valence-corrected chi connectivity index (χ0v) is 11.7. The summed E-state index contributed by atoms with van der Waals surface area (Å²) in [5.41, 5.74) is 0.147. The predicted octanol–water partition coefficient (Wildman–Crippen LogP) is 1.72. The minimum Gasteiger partial charge on any atom is -0.369 e. The van der Waals surface area contributed by atoms with Gasteiger partial charge in [0.25, 0.3) is 0 Å². The molecule has 1 N–H and O–H groups in total. The van der Waals surface area contributed by atoms with Crippen LogP contribution in [0.5, 0.6) is 0 Å². The molecule has 2 heterocycles. The van der Waals surface area contributed by atoms with Crippen molar-refractivity contribution in [1.82, 2.24) is 4.90 Å². The lowest BCUT2D eigenvalue weighted by atomic mass is 9.58. The Labute approximate surface area is 109 Å². The van der Waals surface area contributed by atoms with Crippen molar-refractivity contribution < 1.29 is 14.6 Å². The van der Waals surface area contributed by atoms with Gasteiger partial charge in [0.15, 0.2) is 0 Å². The second-order valence-electron chi connectivity index (χ2n) is 7.19. The van der Waals surface area contributed by atoms with Crippen molar-refractivity contribution in [3.05, 3.63) is 0 Å². The van der Waals surface area contributed by atoms with E-state index in [0.29, 0.717) is 5.41 Å². The molecule has 0 aromatic heterocycles. The highest BCUT2D eigenvalue weighted by Gasteiger charge is 2.65. The molecular weight excluding hydrogens is 230 g/mol. The number of likely N-dealkylation sites (tertiary alicyclic amines) is 1. The number of nitrogens with zero attached hydrogens (tertiary/aromatic N) is 1. The fourth-order valence-electron chi connectivity index (χ4n) is 3.54. The number of ether oxygens (including phenoxy) is 2. The summed E-state index contributed by atoms with van der Waals surface area (Å²) in [6.45, 7) is 8.65. The Kier molecular flexibility index (Phi) is 2.80. The summed E-state index contributed by atoms with van der Waals surface area (Å²) in [7, 11) is 0. The van der Waals surface area contributed by atoms with Gasteiger partial charge in [-0.2, -0.15) is 0 Å². The first-order valence-electron chi connectivity index (χ1n) is 7.10. The lowest BCUT2D eigenvalue weighted by Crippen LogP contribution is -2.60. The van der Waals surface area contributed by atoms with E-state index in [1.165, 1.54) is 19.3 Å². The van der Waals surface area contributed by atoms with E-state index >= 15 is 0 Å². The smallest absolute Gasteiger partial charge is 0.216 e. The monoisotopic (exact) mass is 255 g/mol. The molecule has 2 aliphatic heterocycles. The number of hydrogen-bond donors (Lipinski definition) is 1. The first-order valence-corrected chi connectivity index (χ1v) is 7.10. The van der Waals surface area contributed by atoms with Gasteiger partial charge < -0.3 is 14.6 Å². The first-order chi connectivity index (χ1) is 8.36. The van der Waals surface area contributed by atoms with E-state index in [9.17, 15) is 5.11 Å². The second-order valence-corrected chi connectivity index (χ2v) is 7.19. The summed E-state index contributed by atoms with van der Waals surface area (Å²) in [6, 6.07) is 0. The molecule has 3 fully saturated rings. The average molecular weight is 255 g/mol. The number of hydrogen-bond acceptors (Lipinski definition) is 4. The predicted molar refractivity (Wildman–Crippen MR) is 68.0 cm³/mol. The Morgan fingerprint density at radius 3 is 2.39 bits per heavy atom. The van der Waals surface area contributed by atoms with E-state index in [0.717, 1.165) is 26.1 Å². The summed E-state index contributed by atoms with van der Waals surface area (Å²) in [6.07, 6.45) is 4.04. The fraction of sp³-hybridized carbons (Fsp3) is 1.00. The summed E-state index contributed by atoms with van der Waals surface area (Å²) in [5.74, 6) is 0. The van der Waals surface area contributed by atoms with E-state index in [-0.39, 0.29) is 11.2 Å². The van der Waals surface area contributed by atoms with Crippen LogP contribution in [0.4, 0.5) is 0 Å². The quantitative estimate of drug-likeness (QED) is 0.603. The molecule has 4 nitrogen and oxygen atoms in total. The van der Waals surface area contributed by atoms with Gasteiger partial charge in [0.2, 0.25) is 6.41 Å². The number of aliphatic hydroxyl groups is 1. The van der Waals surface area contributed by atoms with Crippen LogP contribution in [0.3, 0.4) is 0 Å². The maximum Gasteiger partial charge on any atom is 0.216 e. The van der Waals surface area contributed by atoms with E-state index in [2.05, 4.69) is 4.90 Å². The minimum atomic E-state index is -0.779. The van der Waals surface area contributed by atoms with Gasteiger partial charge in [0, 0.05) is 18.5 Å². The molecule has 2 unspecified atom stereocenters. The topological polar surface area (TPSA) is 45.2 Å². The normalized spacial score (nSPS) is 36.7. The molecule has 104 valence electrons. The number of rotatable bonds is 2. The molecule has 2 atom stereocenters. The third-order valence-corrected chi connectivity index (χ3v) is 4.85. The van der Waals surface area contributed by atoms with E-state index in [1.807, 2.05) is 20.8 Å². The Morgan fingerprint density at radius 1 is 1.28 bits per heavy atom. The fourth-order valence-corrected chi connectivity index (χ4v) is 3.54. The van der Waals surface area contributed by atoms with Crippen LogP contribution in [-0.2, 0) is 9.47 Å². The Bertz CT molecular complexity index is 328. The van der Waals surface area contributed by atoms with Gasteiger partial charge in [0.05, 0.1) is 17.8 Å². The van der Waals surface area contributed by atoms with Crippen molar-refractivity contribution >= 4 is 0 Å². The molecule has 2 spiro atoms. The van der Waals surface area contributed by atoms with Crippen LogP contribution in [-0.4, -0.2) is 47.3 Å². The maximum absolute atomic E-state index is 10.2. The zero-order chi connectivity index (χ0) is 13.0. The van der Waals surface area contributed by atoms with Crippen molar-refractivity contribution in [2.24, 2.45) is 5.41 Å². The standard InChI is InChI=1S/C14H25NO3/c1-12(2,3)18-11(16)15-8-7-14(10-17-14)13(9-15)5-4-6-13/h11,16H,4-10H2,1-3H3. The molecule has 3 rings (SSSR count). The third-order valence-electron chi connectivity index (χ3n) is 4.85. The molecule has 0 bridgehead atoms. The highest BCUT2D eigenvalue weighted by Crippen LogP contribution is 2.60. The van der Waals surface area contributed by atoms with Crippen molar-refractivity contribution in [2.45, 2.75) is 64.1 Å². The van der Waals surface area contributed by atoms with Crippen LogP contribution in [0, 0.1) is 5.41 Å². The third kappa shape index (κ3) is 1.99. The van der Waals surface area contributed by atoms with Gasteiger partial charge >= 0.3 is 0 Å². The summed E-state index contributed by atoms with van der Waals surface area (Å²) in [4.78, 5) is 2.08. The van der Waals surface area contributed by atoms with E-state index < -0.39 is 6.41 Å². The Hall–Kier alpha value is -0.160. The Morgan fingerprint density at radius 2 is 1.94 bits per heavy atom. The molecule has 0 aromatic rings. The molecule has 0 radical (unpaired) electrons. The van der Waals surface area contributed by atoms with Crippen LogP contribution < -0.4 is 0 Å². The van der Waals surface area contributed by atoms with Crippen molar-refractivity contribution in [3.63, 3.8) is 0 Å². The van der Waals surface area contributed by atoms with Crippen LogP contribution in [0.2, 0.25) is 0 Å². The number of piperidine rings is 1. The number of epoxide rings is 1. The number of aliphatic hydroxyl groups excluding tert-OH is 1. The highest BCUT2D eigenvalue weighted by atomic mass is 16.6. The molecule has 0 aromatic carbocycles. The number of fused-ring (bicyclic) bond motifs is 1. The lowest BCUT2D eigenvalue weighted by molar-refractivity contribution is -0.258. The van der Waals surface area contributed by atoms with Crippen molar-refractivity contribution in [2.75, 3.05) is 19.7 Å². The molecule has 18 heavy (non-hydrogen) atoms. The first kappa shape index (κ1) is 12.9. The molecule has 1 saturated carbocycles. The van der Waals surface area contributed by atoms with Crippen LogP contribution in [0.1, 0.15) is 46.5 Å². The van der Waals surface area contributed by atoms with Gasteiger partial charge in [-0.05, 0) is 40.0 Å². The van der Waals surface area contributed by atoms with E-state index in [1.54, 1.807) is 0 Å². The Balaban J connectivity index is 1.65. The maximum atomic E-state index is 10.2. The largest absolute Gasteiger partial charge is 0.369 e. The minimum absolute atomic E-state index is 0.156. The van der Waals surface area contributed by atoms with Gasteiger partial charge in [-0.15, -0.1) is 0 Å². The van der Waals surface area contributed by atoms with Crippen LogP contribution in [0.25, 0.3) is 0 Å². The molecule has 1 aliphatic carbocycles. The van der Waals surface area contributed by atoms with Crippen LogP contribution >= 0.6 is 0 Å². The SMILES string of the molecule is CC(C)(C)OC(O)N1CCC2(CO2)C2(CCC2)C1. The summed E-state index contributed by atoms with van der Waals surface area (Å²) >= 11 is 0. The molecular formula is C14H25NO3. The molecule has 4 heteroatoms. The van der Waals surface area contributed by atoms with Gasteiger partial charge in [0.1, 0.15) is 0 Å². The highest BCUT2D eigenvalue weighted by molar-refractivity contribution is 5.15. The van der Waals surface area contributed by atoms with E-state index in [4.69, 9.17) is 9.47 Å². The second kappa shape index (κ2) is 3.92. The zero-order valence-electron chi connectivity index (χ0n) is 11.7. The summed E-state index contributed by atoms with van der Waals surface area (Å²) in [5, 5.41) is 10.2. The van der Waals surface area contributed by atoms with Gasteiger partial charge in [-0.25, -0.2) is 0 Å². The van der Waals surface area contributed by atoms with Crippen molar-refractivity contribution in [1.29, 1.82) is 0 Å². The van der Waals surface area contributed by atoms with Crippen molar-refractivity contribution in [3.8, 4) is 0 Å².